The van der Waals surface area contributed by atoms with Crippen molar-refractivity contribution in [3.63, 3.8) is 0 Å². The lowest BCUT2D eigenvalue weighted by Gasteiger charge is -2.20. The van der Waals surface area contributed by atoms with E-state index in [4.69, 9.17) is 15.2 Å². The smallest absolute Gasteiger partial charge is 0.124 e. The van der Waals surface area contributed by atoms with Crippen molar-refractivity contribution in [2.45, 2.75) is 51.4 Å². The lowest BCUT2D eigenvalue weighted by molar-refractivity contribution is -0.0327. The first-order valence-corrected chi connectivity index (χ1v) is 7.52. The SMILES string of the molecule is C[C@H](N)c1cc(Br)ccc1OCC1CCC(C)(C)O1. The van der Waals surface area contributed by atoms with E-state index >= 15 is 0 Å². The first-order chi connectivity index (χ1) is 8.87. The molecule has 2 atom stereocenters. The van der Waals surface area contributed by atoms with Gasteiger partial charge in [-0.1, -0.05) is 15.9 Å². The quantitative estimate of drug-likeness (QED) is 0.914. The van der Waals surface area contributed by atoms with Crippen molar-refractivity contribution in [1.82, 2.24) is 0 Å². The minimum absolute atomic E-state index is 0.0161. The minimum Gasteiger partial charge on any atom is -0.491 e. The van der Waals surface area contributed by atoms with E-state index in [-0.39, 0.29) is 17.7 Å². The zero-order valence-electron chi connectivity index (χ0n) is 11.8. The van der Waals surface area contributed by atoms with Gasteiger partial charge in [0.15, 0.2) is 0 Å². The molecule has 0 amide bonds. The molecule has 1 unspecified atom stereocenters. The fraction of sp³-hybridized carbons (Fsp3) is 0.600. The molecule has 1 aromatic rings. The second-order valence-electron chi connectivity index (χ2n) is 5.82. The maximum Gasteiger partial charge on any atom is 0.124 e. The van der Waals surface area contributed by atoms with Crippen LogP contribution in [0.3, 0.4) is 0 Å². The molecule has 106 valence electrons. The van der Waals surface area contributed by atoms with Crippen molar-refractivity contribution >= 4 is 15.9 Å². The van der Waals surface area contributed by atoms with Gasteiger partial charge in [0.25, 0.3) is 0 Å². The molecule has 0 radical (unpaired) electrons. The van der Waals surface area contributed by atoms with Crippen molar-refractivity contribution in [2.24, 2.45) is 5.73 Å². The molecule has 19 heavy (non-hydrogen) atoms. The first kappa shape index (κ1) is 14.8. The number of ether oxygens (including phenoxy) is 2. The highest BCUT2D eigenvalue weighted by Gasteiger charge is 2.32. The van der Waals surface area contributed by atoms with Gasteiger partial charge in [-0.3, -0.25) is 0 Å². The van der Waals surface area contributed by atoms with Crippen LogP contribution in [0.2, 0.25) is 0 Å². The van der Waals surface area contributed by atoms with Gasteiger partial charge in [0.05, 0.1) is 11.7 Å². The van der Waals surface area contributed by atoms with E-state index in [9.17, 15) is 0 Å². The molecular formula is C15H22BrNO2. The Morgan fingerprint density at radius 1 is 1.53 bits per heavy atom. The van der Waals surface area contributed by atoms with Gasteiger partial charge in [-0.2, -0.15) is 0 Å². The predicted molar refractivity (Wildman–Crippen MR) is 80.4 cm³/mol. The van der Waals surface area contributed by atoms with Crippen molar-refractivity contribution in [3.8, 4) is 5.75 Å². The topological polar surface area (TPSA) is 44.5 Å². The van der Waals surface area contributed by atoms with Crippen LogP contribution in [0.15, 0.2) is 22.7 Å². The van der Waals surface area contributed by atoms with E-state index in [0.717, 1.165) is 28.6 Å². The van der Waals surface area contributed by atoms with Gasteiger partial charge in [0.2, 0.25) is 0 Å². The van der Waals surface area contributed by atoms with E-state index in [0.29, 0.717) is 6.61 Å². The molecule has 0 spiro atoms. The molecule has 4 heteroatoms. The number of rotatable bonds is 4. The Bertz CT molecular complexity index is 446. The summed E-state index contributed by atoms with van der Waals surface area (Å²) in [6.07, 6.45) is 2.32. The second kappa shape index (κ2) is 5.81. The number of benzene rings is 1. The zero-order chi connectivity index (χ0) is 14.0. The third kappa shape index (κ3) is 3.94. The summed E-state index contributed by atoms with van der Waals surface area (Å²) < 4.78 is 12.9. The van der Waals surface area contributed by atoms with Crippen molar-refractivity contribution in [3.05, 3.63) is 28.2 Å². The second-order valence-corrected chi connectivity index (χ2v) is 6.74. The normalized spacial score (nSPS) is 23.3. The van der Waals surface area contributed by atoms with Gasteiger partial charge < -0.3 is 15.2 Å². The van der Waals surface area contributed by atoms with Crippen molar-refractivity contribution in [2.75, 3.05) is 6.61 Å². The molecule has 1 aliphatic rings. The largest absolute Gasteiger partial charge is 0.491 e. The Morgan fingerprint density at radius 3 is 2.84 bits per heavy atom. The molecule has 0 aliphatic carbocycles. The maximum atomic E-state index is 5.98. The monoisotopic (exact) mass is 327 g/mol. The summed E-state index contributed by atoms with van der Waals surface area (Å²) in [7, 11) is 0. The van der Waals surface area contributed by atoms with E-state index in [2.05, 4.69) is 29.8 Å². The summed E-state index contributed by atoms with van der Waals surface area (Å²) in [6, 6.07) is 5.90. The number of hydrogen-bond donors (Lipinski definition) is 1. The number of hydrogen-bond acceptors (Lipinski definition) is 3. The van der Waals surface area contributed by atoms with Gasteiger partial charge in [-0.15, -0.1) is 0 Å². The van der Waals surface area contributed by atoms with E-state index in [1.54, 1.807) is 0 Å². The van der Waals surface area contributed by atoms with Crippen molar-refractivity contribution < 1.29 is 9.47 Å². The Hall–Kier alpha value is -0.580. The van der Waals surface area contributed by atoms with Gasteiger partial charge in [-0.25, -0.2) is 0 Å². The molecule has 1 aliphatic heterocycles. The van der Waals surface area contributed by atoms with Crippen LogP contribution in [0.1, 0.15) is 45.2 Å². The molecule has 1 heterocycles. The molecule has 3 nitrogen and oxygen atoms in total. The van der Waals surface area contributed by atoms with Crippen LogP contribution in [-0.2, 0) is 4.74 Å². The number of nitrogens with two attached hydrogens (primary N) is 1. The summed E-state index contributed by atoms with van der Waals surface area (Å²) in [6.45, 7) is 6.80. The average molecular weight is 328 g/mol. The Morgan fingerprint density at radius 2 is 2.26 bits per heavy atom. The van der Waals surface area contributed by atoms with E-state index < -0.39 is 0 Å². The van der Waals surface area contributed by atoms with Crippen LogP contribution >= 0.6 is 15.9 Å². The third-order valence-electron chi connectivity index (χ3n) is 3.44. The fourth-order valence-electron chi connectivity index (χ4n) is 2.38. The summed E-state index contributed by atoms with van der Waals surface area (Å²) in [5.41, 5.74) is 6.98. The van der Waals surface area contributed by atoms with Crippen LogP contribution in [0, 0.1) is 0 Å². The van der Waals surface area contributed by atoms with Crippen LogP contribution in [0.4, 0.5) is 0 Å². The molecule has 1 aromatic carbocycles. The molecular weight excluding hydrogens is 306 g/mol. The summed E-state index contributed by atoms with van der Waals surface area (Å²) in [4.78, 5) is 0. The van der Waals surface area contributed by atoms with E-state index in [1.807, 2.05) is 25.1 Å². The molecule has 0 aromatic heterocycles. The average Bonchev–Trinajstić information content (AvgIpc) is 2.67. The van der Waals surface area contributed by atoms with Crippen molar-refractivity contribution in [1.29, 1.82) is 0 Å². The molecule has 1 fully saturated rings. The third-order valence-corrected chi connectivity index (χ3v) is 3.93. The minimum atomic E-state index is -0.0477. The lowest BCUT2D eigenvalue weighted by atomic mass is 10.1. The molecule has 0 saturated carbocycles. The summed E-state index contributed by atoms with van der Waals surface area (Å²) in [5.74, 6) is 0.853. The Kier molecular flexibility index (Phi) is 4.54. The van der Waals surface area contributed by atoms with E-state index in [1.165, 1.54) is 0 Å². The predicted octanol–water partition coefficient (Wildman–Crippen LogP) is 3.81. The highest BCUT2D eigenvalue weighted by atomic mass is 79.9. The van der Waals surface area contributed by atoms with Gasteiger partial charge in [0, 0.05) is 16.1 Å². The molecule has 2 rings (SSSR count). The van der Waals surface area contributed by atoms with Crippen LogP contribution in [0.25, 0.3) is 0 Å². The molecule has 1 saturated heterocycles. The van der Waals surface area contributed by atoms with Gasteiger partial charge >= 0.3 is 0 Å². The first-order valence-electron chi connectivity index (χ1n) is 6.73. The highest BCUT2D eigenvalue weighted by molar-refractivity contribution is 9.10. The zero-order valence-corrected chi connectivity index (χ0v) is 13.4. The summed E-state index contributed by atoms with van der Waals surface area (Å²) in [5, 5.41) is 0. The van der Waals surface area contributed by atoms with Crippen LogP contribution in [0.5, 0.6) is 5.75 Å². The highest BCUT2D eigenvalue weighted by Crippen LogP contribution is 2.31. The number of halogens is 1. The Balaban J connectivity index is 2.00. The molecule has 0 bridgehead atoms. The Labute approximate surface area is 123 Å². The lowest BCUT2D eigenvalue weighted by Crippen LogP contribution is -2.24. The molecule has 2 N–H and O–H groups in total. The van der Waals surface area contributed by atoms with Crippen LogP contribution in [-0.4, -0.2) is 18.3 Å². The van der Waals surface area contributed by atoms with Gasteiger partial charge in [0.1, 0.15) is 12.4 Å². The maximum absolute atomic E-state index is 5.98. The summed E-state index contributed by atoms with van der Waals surface area (Å²) >= 11 is 3.46. The van der Waals surface area contributed by atoms with Crippen LogP contribution < -0.4 is 10.5 Å². The standard InChI is InChI=1S/C15H22BrNO2/c1-10(17)13-8-11(16)4-5-14(13)18-9-12-6-7-15(2,3)19-12/h4-5,8,10,12H,6-7,9,17H2,1-3H3/t10-,12?/m0/s1. The fourth-order valence-corrected chi connectivity index (χ4v) is 2.76. The van der Waals surface area contributed by atoms with Gasteiger partial charge in [-0.05, 0) is 51.8 Å².